The Bertz CT molecular complexity index is 1010. The zero-order valence-electron chi connectivity index (χ0n) is 14.9. The largest absolute Gasteiger partial charge is 0.485 e. The predicted octanol–water partition coefficient (Wildman–Crippen LogP) is 5.04. The number of hydrazone groups is 1. The zero-order chi connectivity index (χ0) is 19.3. The minimum atomic E-state index is -0.296. The van der Waals surface area contributed by atoms with Gasteiger partial charge in [-0.25, -0.2) is 4.39 Å². The van der Waals surface area contributed by atoms with Crippen molar-refractivity contribution >= 4 is 28.7 Å². The van der Waals surface area contributed by atoms with E-state index in [9.17, 15) is 4.39 Å². The van der Waals surface area contributed by atoms with Crippen LogP contribution < -0.4 is 15.5 Å². The van der Waals surface area contributed by atoms with Gasteiger partial charge in [0.05, 0.1) is 5.71 Å². The van der Waals surface area contributed by atoms with Crippen molar-refractivity contribution in [1.29, 1.82) is 0 Å². The molecule has 28 heavy (non-hydrogen) atoms. The van der Waals surface area contributed by atoms with Crippen molar-refractivity contribution in [3.63, 3.8) is 0 Å². The van der Waals surface area contributed by atoms with E-state index >= 15 is 0 Å². The van der Waals surface area contributed by atoms with Crippen molar-refractivity contribution in [2.24, 2.45) is 5.10 Å². The van der Waals surface area contributed by atoms with Gasteiger partial charge < -0.3 is 10.1 Å². The summed E-state index contributed by atoms with van der Waals surface area (Å²) in [5, 5.41) is 7.85. The minimum absolute atomic E-state index is 0.115. The van der Waals surface area contributed by atoms with Gasteiger partial charge in [0.15, 0.2) is 5.11 Å². The average Bonchev–Trinajstić information content (AvgIpc) is 2.74. The fraction of sp³-hybridized carbons (Fsp3) is 0.0909. The Kier molecular flexibility index (Phi) is 5.30. The number of hydrogen-bond acceptors (Lipinski definition) is 3. The van der Waals surface area contributed by atoms with E-state index in [0.717, 1.165) is 22.6 Å². The van der Waals surface area contributed by atoms with Gasteiger partial charge in [0.1, 0.15) is 17.7 Å². The van der Waals surface area contributed by atoms with Crippen LogP contribution in [0.4, 0.5) is 10.1 Å². The van der Waals surface area contributed by atoms with Crippen LogP contribution in [0.1, 0.15) is 23.7 Å². The van der Waals surface area contributed by atoms with E-state index < -0.39 is 0 Å². The Hall–Kier alpha value is -3.25. The molecule has 0 aromatic heterocycles. The van der Waals surface area contributed by atoms with E-state index in [0.29, 0.717) is 17.2 Å². The van der Waals surface area contributed by atoms with Crippen LogP contribution >= 0.6 is 12.2 Å². The van der Waals surface area contributed by atoms with Crippen LogP contribution in [0.5, 0.6) is 5.75 Å². The number of thiocarbonyl (C=S) groups is 1. The van der Waals surface area contributed by atoms with Crippen molar-refractivity contribution in [3.05, 3.63) is 95.8 Å². The molecule has 1 aliphatic heterocycles. The van der Waals surface area contributed by atoms with Gasteiger partial charge >= 0.3 is 0 Å². The van der Waals surface area contributed by atoms with E-state index in [1.807, 2.05) is 54.6 Å². The average molecular weight is 391 g/mol. The summed E-state index contributed by atoms with van der Waals surface area (Å²) in [6.07, 6.45) is 0.503. The third-order valence-electron chi connectivity index (χ3n) is 4.41. The number of nitrogens with one attached hydrogen (secondary N) is 2. The highest BCUT2D eigenvalue weighted by Gasteiger charge is 2.26. The summed E-state index contributed by atoms with van der Waals surface area (Å²) < 4.78 is 19.2. The van der Waals surface area contributed by atoms with Gasteiger partial charge in [-0.1, -0.05) is 42.5 Å². The molecule has 0 saturated heterocycles. The Morgan fingerprint density at radius 3 is 2.46 bits per heavy atom. The first kappa shape index (κ1) is 18.1. The number of hydrogen-bond donors (Lipinski definition) is 2. The first-order valence-corrected chi connectivity index (χ1v) is 9.30. The van der Waals surface area contributed by atoms with Gasteiger partial charge in [0.2, 0.25) is 0 Å². The third-order valence-corrected chi connectivity index (χ3v) is 4.61. The molecule has 1 atom stereocenters. The van der Waals surface area contributed by atoms with Crippen molar-refractivity contribution in [2.75, 3.05) is 5.32 Å². The molecule has 1 aliphatic rings. The quantitative estimate of drug-likeness (QED) is 0.485. The summed E-state index contributed by atoms with van der Waals surface area (Å²) in [4.78, 5) is 0. The summed E-state index contributed by atoms with van der Waals surface area (Å²) in [7, 11) is 0. The molecular formula is C22H18FN3OS. The van der Waals surface area contributed by atoms with Crippen molar-refractivity contribution in [3.8, 4) is 5.75 Å². The van der Waals surface area contributed by atoms with Crippen molar-refractivity contribution in [2.45, 2.75) is 12.5 Å². The topological polar surface area (TPSA) is 45.7 Å². The second-order valence-corrected chi connectivity index (χ2v) is 6.76. The van der Waals surface area contributed by atoms with E-state index in [1.54, 1.807) is 12.1 Å². The monoisotopic (exact) mass is 391 g/mol. The molecule has 0 saturated carbocycles. The molecule has 6 heteroatoms. The van der Waals surface area contributed by atoms with Crippen LogP contribution in [0.25, 0.3) is 0 Å². The number of rotatable bonds is 3. The normalized spacial score (nSPS) is 16.8. The van der Waals surface area contributed by atoms with Crippen LogP contribution in [0, 0.1) is 5.82 Å². The smallest absolute Gasteiger partial charge is 0.191 e. The van der Waals surface area contributed by atoms with E-state index in [-0.39, 0.29) is 11.9 Å². The number of nitrogens with zero attached hydrogens (tertiary/aromatic N) is 1. The summed E-state index contributed by atoms with van der Waals surface area (Å²) in [5.41, 5.74) is 6.47. The fourth-order valence-electron chi connectivity index (χ4n) is 3.06. The summed E-state index contributed by atoms with van der Waals surface area (Å²) in [6, 6.07) is 23.9. The van der Waals surface area contributed by atoms with Crippen molar-refractivity contribution < 1.29 is 9.13 Å². The van der Waals surface area contributed by atoms with E-state index in [1.165, 1.54) is 12.1 Å². The van der Waals surface area contributed by atoms with Gasteiger partial charge in [-0.2, -0.15) is 5.10 Å². The lowest BCUT2D eigenvalue weighted by Gasteiger charge is -2.27. The van der Waals surface area contributed by atoms with E-state index in [2.05, 4.69) is 15.8 Å². The molecule has 140 valence electrons. The van der Waals surface area contributed by atoms with Gasteiger partial charge in [0, 0.05) is 17.7 Å². The number of para-hydroxylation sites is 1. The molecule has 4 nitrogen and oxygen atoms in total. The molecule has 0 fully saturated rings. The lowest BCUT2D eigenvalue weighted by Crippen LogP contribution is -2.28. The van der Waals surface area contributed by atoms with Gasteiger partial charge in [-0.05, 0) is 54.2 Å². The fourth-order valence-corrected chi connectivity index (χ4v) is 3.22. The molecule has 0 radical (unpaired) electrons. The molecule has 0 bridgehead atoms. The highest BCUT2D eigenvalue weighted by Crippen LogP contribution is 2.34. The van der Waals surface area contributed by atoms with Crippen LogP contribution in [0.15, 0.2) is 84.0 Å². The highest BCUT2D eigenvalue weighted by atomic mass is 32.1. The minimum Gasteiger partial charge on any atom is -0.485 e. The number of ether oxygens (including phenoxy) is 1. The molecule has 3 aromatic carbocycles. The standard InChI is InChI=1S/C22H18FN3OS/c23-16-10-12-17(13-11-16)24-22(28)26-25-19-14-21(15-6-2-1-3-7-15)27-20-9-5-4-8-18(19)20/h1-13,21H,14H2,(H2,24,26,28)/t21-/m1/s1. The predicted molar refractivity (Wildman–Crippen MR) is 113 cm³/mol. The number of benzene rings is 3. The number of anilines is 1. The Morgan fingerprint density at radius 2 is 1.68 bits per heavy atom. The second kappa shape index (κ2) is 8.19. The molecule has 4 rings (SSSR count). The lowest BCUT2D eigenvalue weighted by molar-refractivity contribution is 0.206. The van der Waals surface area contributed by atoms with Crippen molar-refractivity contribution in [1.82, 2.24) is 5.43 Å². The molecule has 3 aromatic rings. The molecule has 1 heterocycles. The third kappa shape index (κ3) is 4.18. The molecule has 0 unspecified atom stereocenters. The van der Waals surface area contributed by atoms with Crippen LogP contribution in [0.2, 0.25) is 0 Å². The lowest BCUT2D eigenvalue weighted by atomic mass is 9.96. The van der Waals surface area contributed by atoms with Crippen LogP contribution in [0.3, 0.4) is 0 Å². The molecular weight excluding hydrogens is 373 g/mol. The Morgan fingerprint density at radius 1 is 0.964 bits per heavy atom. The highest BCUT2D eigenvalue weighted by molar-refractivity contribution is 7.80. The first-order chi connectivity index (χ1) is 13.7. The summed E-state index contributed by atoms with van der Waals surface area (Å²) in [5.74, 6) is 0.496. The second-order valence-electron chi connectivity index (χ2n) is 6.35. The van der Waals surface area contributed by atoms with E-state index in [4.69, 9.17) is 17.0 Å². The maximum absolute atomic E-state index is 13.0. The van der Waals surface area contributed by atoms with Crippen LogP contribution in [-0.2, 0) is 0 Å². The molecule has 0 spiro atoms. The zero-order valence-corrected chi connectivity index (χ0v) is 15.7. The van der Waals surface area contributed by atoms with Gasteiger partial charge in [-0.15, -0.1) is 0 Å². The summed E-state index contributed by atoms with van der Waals surface area (Å²) >= 11 is 5.30. The first-order valence-electron chi connectivity index (χ1n) is 8.89. The Balaban J connectivity index is 1.53. The molecule has 0 amide bonds. The molecule has 0 aliphatic carbocycles. The Labute approximate surface area is 168 Å². The van der Waals surface area contributed by atoms with Gasteiger partial charge in [-0.3, -0.25) is 5.43 Å². The molecule has 2 N–H and O–H groups in total. The van der Waals surface area contributed by atoms with Gasteiger partial charge in [0.25, 0.3) is 0 Å². The van der Waals surface area contributed by atoms with Crippen LogP contribution in [-0.4, -0.2) is 10.8 Å². The SMILES string of the molecule is Fc1ccc(NC(=S)NN=C2C[C@H](c3ccccc3)Oc3ccccc32)cc1. The number of fused-ring (bicyclic) bond motifs is 1. The maximum atomic E-state index is 13.0. The number of halogens is 1. The summed E-state index contributed by atoms with van der Waals surface area (Å²) in [6.45, 7) is 0. The maximum Gasteiger partial charge on any atom is 0.191 e.